The SMILES string of the molecule is Cc1cccn2cc(-c3ccccc3NS(=O)(=O)c3cc(F)ccc3F)nc12. The van der Waals surface area contributed by atoms with Crippen molar-refractivity contribution in [2.45, 2.75) is 11.8 Å². The fourth-order valence-corrected chi connectivity index (χ4v) is 4.13. The highest BCUT2D eigenvalue weighted by atomic mass is 32.2. The van der Waals surface area contributed by atoms with Gasteiger partial charge in [-0.3, -0.25) is 4.72 Å². The molecule has 2 heterocycles. The molecule has 0 bridgehead atoms. The Labute approximate surface area is 160 Å². The van der Waals surface area contributed by atoms with Crippen LogP contribution >= 0.6 is 0 Å². The smallest absolute Gasteiger partial charge is 0.264 e. The van der Waals surface area contributed by atoms with Crippen molar-refractivity contribution in [3.8, 4) is 11.3 Å². The van der Waals surface area contributed by atoms with Crippen molar-refractivity contribution in [3.05, 3.63) is 84.2 Å². The van der Waals surface area contributed by atoms with Gasteiger partial charge in [-0.2, -0.15) is 0 Å². The van der Waals surface area contributed by atoms with E-state index in [2.05, 4.69) is 9.71 Å². The van der Waals surface area contributed by atoms with Gasteiger partial charge in [0.15, 0.2) is 0 Å². The van der Waals surface area contributed by atoms with Crippen LogP contribution in [0.3, 0.4) is 0 Å². The van der Waals surface area contributed by atoms with E-state index >= 15 is 0 Å². The summed E-state index contributed by atoms with van der Waals surface area (Å²) in [5.41, 5.74) is 2.99. The highest BCUT2D eigenvalue weighted by Gasteiger charge is 2.22. The molecule has 5 nitrogen and oxygen atoms in total. The highest BCUT2D eigenvalue weighted by molar-refractivity contribution is 7.92. The van der Waals surface area contributed by atoms with Gasteiger partial charge in [0.2, 0.25) is 0 Å². The molecule has 0 spiro atoms. The summed E-state index contributed by atoms with van der Waals surface area (Å²) in [4.78, 5) is 3.82. The largest absolute Gasteiger partial charge is 0.306 e. The molecule has 0 fully saturated rings. The number of imidazole rings is 1. The minimum Gasteiger partial charge on any atom is -0.306 e. The third kappa shape index (κ3) is 3.22. The standard InChI is InChI=1S/C20H15F2N3O2S/c1-13-5-4-10-25-12-18(23-20(13)25)15-6-2-3-7-17(15)24-28(26,27)19-11-14(21)8-9-16(19)22/h2-12,24H,1H3. The van der Waals surface area contributed by atoms with Crippen LogP contribution in [0.2, 0.25) is 0 Å². The molecule has 4 aromatic rings. The lowest BCUT2D eigenvalue weighted by Crippen LogP contribution is -2.15. The number of halogens is 2. The van der Waals surface area contributed by atoms with Gasteiger partial charge >= 0.3 is 0 Å². The van der Waals surface area contributed by atoms with Crippen LogP contribution in [0.15, 0.2) is 71.9 Å². The predicted molar refractivity (Wildman–Crippen MR) is 103 cm³/mol. The molecule has 0 unspecified atom stereocenters. The first kappa shape index (κ1) is 18.1. The van der Waals surface area contributed by atoms with Crippen molar-refractivity contribution in [1.29, 1.82) is 0 Å². The summed E-state index contributed by atoms with van der Waals surface area (Å²) in [6.07, 6.45) is 3.62. The molecule has 0 aliphatic rings. The quantitative estimate of drug-likeness (QED) is 0.554. The number of para-hydroxylation sites is 1. The number of hydrogen-bond acceptors (Lipinski definition) is 3. The average molecular weight is 399 g/mol. The maximum absolute atomic E-state index is 14.0. The van der Waals surface area contributed by atoms with Crippen molar-refractivity contribution >= 4 is 21.4 Å². The Morgan fingerprint density at radius 3 is 2.61 bits per heavy atom. The molecular formula is C20H15F2N3O2S. The first-order chi connectivity index (χ1) is 13.3. The van der Waals surface area contributed by atoms with Gasteiger partial charge < -0.3 is 4.40 Å². The molecule has 0 atom stereocenters. The molecule has 2 aromatic carbocycles. The number of fused-ring (bicyclic) bond motifs is 1. The van der Waals surface area contributed by atoms with Gasteiger partial charge in [0.25, 0.3) is 10.0 Å². The molecule has 8 heteroatoms. The summed E-state index contributed by atoms with van der Waals surface area (Å²) >= 11 is 0. The maximum Gasteiger partial charge on any atom is 0.264 e. The Morgan fingerprint density at radius 1 is 1.04 bits per heavy atom. The zero-order valence-corrected chi connectivity index (χ0v) is 15.5. The van der Waals surface area contributed by atoms with Crippen molar-refractivity contribution < 1.29 is 17.2 Å². The second kappa shape index (κ2) is 6.72. The van der Waals surface area contributed by atoms with Gasteiger partial charge in [-0.15, -0.1) is 0 Å². The molecule has 142 valence electrons. The topological polar surface area (TPSA) is 63.5 Å². The van der Waals surface area contributed by atoms with E-state index in [-0.39, 0.29) is 5.69 Å². The molecule has 0 amide bonds. The van der Waals surface area contributed by atoms with Gasteiger partial charge in [0.05, 0.1) is 11.4 Å². The number of aromatic nitrogens is 2. The van der Waals surface area contributed by atoms with Crippen LogP contribution in [0.5, 0.6) is 0 Å². The molecule has 0 aliphatic carbocycles. The van der Waals surface area contributed by atoms with E-state index < -0.39 is 26.6 Å². The van der Waals surface area contributed by atoms with Gasteiger partial charge in [-0.25, -0.2) is 22.2 Å². The Kier molecular flexibility index (Phi) is 4.35. The van der Waals surface area contributed by atoms with Crippen LogP contribution in [-0.2, 0) is 10.0 Å². The zero-order valence-electron chi connectivity index (χ0n) is 14.7. The summed E-state index contributed by atoms with van der Waals surface area (Å²) < 4.78 is 56.9. The molecule has 2 aromatic heterocycles. The number of rotatable bonds is 4. The average Bonchev–Trinajstić information content (AvgIpc) is 3.09. The number of anilines is 1. The van der Waals surface area contributed by atoms with Gasteiger partial charge in [-0.1, -0.05) is 24.3 Å². The second-order valence-corrected chi connectivity index (χ2v) is 7.92. The van der Waals surface area contributed by atoms with Crippen LogP contribution in [-0.4, -0.2) is 17.8 Å². The first-order valence-electron chi connectivity index (χ1n) is 8.37. The molecule has 0 aliphatic heterocycles. The number of nitrogens with zero attached hydrogens (tertiary/aromatic N) is 2. The monoisotopic (exact) mass is 399 g/mol. The Balaban J connectivity index is 1.80. The van der Waals surface area contributed by atoms with Crippen LogP contribution in [0.25, 0.3) is 16.9 Å². The maximum atomic E-state index is 14.0. The summed E-state index contributed by atoms with van der Waals surface area (Å²) in [5.74, 6) is -1.87. The molecule has 0 radical (unpaired) electrons. The summed E-state index contributed by atoms with van der Waals surface area (Å²) in [5, 5.41) is 0. The van der Waals surface area contributed by atoms with Crippen LogP contribution in [0, 0.1) is 18.6 Å². The number of benzene rings is 2. The fraction of sp³-hybridized carbons (Fsp3) is 0.0500. The number of hydrogen-bond donors (Lipinski definition) is 1. The van der Waals surface area contributed by atoms with Crippen molar-refractivity contribution in [1.82, 2.24) is 9.38 Å². The predicted octanol–water partition coefficient (Wildman–Crippen LogP) is 4.39. The third-order valence-corrected chi connectivity index (χ3v) is 5.69. The van der Waals surface area contributed by atoms with Crippen molar-refractivity contribution in [2.75, 3.05) is 4.72 Å². The second-order valence-electron chi connectivity index (χ2n) is 6.27. The van der Waals surface area contributed by atoms with Crippen molar-refractivity contribution in [2.24, 2.45) is 0 Å². The molecule has 28 heavy (non-hydrogen) atoms. The molecule has 0 saturated carbocycles. The molecule has 0 saturated heterocycles. The van der Waals surface area contributed by atoms with Gasteiger partial charge in [-0.05, 0) is 42.8 Å². The third-order valence-electron chi connectivity index (χ3n) is 4.31. The van der Waals surface area contributed by atoms with E-state index in [1.807, 2.05) is 29.7 Å². The summed E-state index contributed by atoms with van der Waals surface area (Å²) in [7, 11) is -4.33. The van der Waals surface area contributed by atoms with Crippen LogP contribution in [0.1, 0.15) is 5.56 Å². The van der Waals surface area contributed by atoms with E-state index in [0.717, 1.165) is 23.3 Å². The number of nitrogens with one attached hydrogen (secondary N) is 1. The minimum atomic E-state index is -4.33. The lowest BCUT2D eigenvalue weighted by atomic mass is 10.1. The van der Waals surface area contributed by atoms with Crippen LogP contribution < -0.4 is 4.72 Å². The van der Waals surface area contributed by atoms with Gasteiger partial charge in [0.1, 0.15) is 22.2 Å². The zero-order chi connectivity index (χ0) is 19.9. The fourth-order valence-electron chi connectivity index (χ4n) is 2.96. The molecule has 1 N–H and O–H groups in total. The number of aryl methyl sites for hydroxylation is 1. The minimum absolute atomic E-state index is 0.215. The Bertz CT molecular complexity index is 1300. The molecular weight excluding hydrogens is 384 g/mol. The van der Waals surface area contributed by atoms with E-state index in [1.165, 1.54) is 0 Å². The normalized spacial score (nSPS) is 11.7. The summed E-state index contributed by atoms with van der Waals surface area (Å²) in [6, 6.07) is 12.7. The lowest BCUT2D eigenvalue weighted by Gasteiger charge is -2.12. The number of pyridine rings is 1. The van der Waals surface area contributed by atoms with E-state index in [9.17, 15) is 17.2 Å². The van der Waals surface area contributed by atoms with E-state index in [4.69, 9.17) is 0 Å². The lowest BCUT2D eigenvalue weighted by molar-refractivity contribution is 0.555. The van der Waals surface area contributed by atoms with Gasteiger partial charge in [0, 0.05) is 18.0 Å². The molecule has 4 rings (SSSR count). The summed E-state index contributed by atoms with van der Waals surface area (Å²) in [6.45, 7) is 1.92. The van der Waals surface area contributed by atoms with Crippen molar-refractivity contribution in [3.63, 3.8) is 0 Å². The number of sulfonamides is 1. The Morgan fingerprint density at radius 2 is 1.82 bits per heavy atom. The van der Waals surface area contributed by atoms with Crippen LogP contribution in [0.4, 0.5) is 14.5 Å². The van der Waals surface area contributed by atoms with E-state index in [1.54, 1.807) is 30.5 Å². The first-order valence-corrected chi connectivity index (χ1v) is 9.85. The highest BCUT2D eigenvalue weighted by Crippen LogP contribution is 2.30. The Hall–Kier alpha value is -3.26. The van der Waals surface area contributed by atoms with E-state index in [0.29, 0.717) is 17.3 Å².